The van der Waals surface area contributed by atoms with E-state index in [2.05, 4.69) is 5.32 Å². The molecule has 2 aromatic carbocycles. The summed E-state index contributed by atoms with van der Waals surface area (Å²) in [5.41, 5.74) is 0.873. The maximum atomic E-state index is 12.2. The van der Waals surface area contributed by atoms with E-state index in [-0.39, 0.29) is 6.61 Å². The molecule has 0 fully saturated rings. The van der Waals surface area contributed by atoms with Gasteiger partial charge in [-0.3, -0.25) is 0 Å². The summed E-state index contributed by atoms with van der Waals surface area (Å²) in [5, 5.41) is 5.13. The van der Waals surface area contributed by atoms with Gasteiger partial charge in [-0.05, 0) is 24.6 Å². The zero-order valence-corrected chi connectivity index (χ0v) is 14.4. The number of nitrogens with one attached hydrogen (secondary N) is 1. The highest BCUT2D eigenvalue weighted by atomic mass is 32.1. The molecule has 1 N–H and O–H groups in total. The van der Waals surface area contributed by atoms with Gasteiger partial charge in [0.1, 0.15) is 18.4 Å². The van der Waals surface area contributed by atoms with Crippen LogP contribution in [0.15, 0.2) is 60.0 Å². The Morgan fingerprint density at radius 3 is 2.60 bits per heavy atom. The molecule has 0 aliphatic rings. The van der Waals surface area contributed by atoms with E-state index in [4.69, 9.17) is 9.47 Å². The van der Waals surface area contributed by atoms with E-state index >= 15 is 0 Å². The van der Waals surface area contributed by atoms with Crippen molar-refractivity contribution in [3.05, 3.63) is 65.5 Å². The van der Waals surface area contributed by atoms with Crippen LogP contribution in [0.5, 0.6) is 5.75 Å². The standard InChI is InChI=1S/C19H17NO4S/c1-13(20-19(22)23-11-14-7-3-2-4-8-14)18(21)24-16-12-25-17-10-6-5-9-15(16)17/h2-10,12-13H,11H2,1H3,(H,20,22)/t13-/m0/s1. The summed E-state index contributed by atoms with van der Waals surface area (Å²) < 4.78 is 11.5. The Balaban J connectivity index is 1.53. The summed E-state index contributed by atoms with van der Waals surface area (Å²) in [6.45, 7) is 1.70. The Hall–Kier alpha value is -2.86. The van der Waals surface area contributed by atoms with Gasteiger partial charge in [-0.2, -0.15) is 0 Å². The second-order valence-corrected chi connectivity index (χ2v) is 6.36. The molecule has 0 aliphatic carbocycles. The largest absolute Gasteiger partial charge is 0.445 e. The zero-order valence-electron chi connectivity index (χ0n) is 13.6. The monoisotopic (exact) mass is 355 g/mol. The second-order valence-electron chi connectivity index (χ2n) is 5.44. The number of fused-ring (bicyclic) bond motifs is 1. The molecule has 0 bridgehead atoms. The van der Waals surface area contributed by atoms with E-state index in [0.29, 0.717) is 5.75 Å². The molecule has 3 aromatic rings. The molecule has 6 heteroatoms. The lowest BCUT2D eigenvalue weighted by Crippen LogP contribution is -2.40. The average molecular weight is 355 g/mol. The number of hydrogen-bond donors (Lipinski definition) is 1. The average Bonchev–Trinajstić information content (AvgIpc) is 3.04. The molecule has 0 unspecified atom stereocenters. The number of carbonyl (C=O) groups excluding carboxylic acids is 2. The van der Waals surface area contributed by atoms with Crippen LogP contribution >= 0.6 is 11.3 Å². The molecule has 1 atom stereocenters. The number of carbonyl (C=O) groups is 2. The first-order chi connectivity index (χ1) is 12.1. The molecule has 1 aromatic heterocycles. The lowest BCUT2D eigenvalue weighted by Gasteiger charge is -2.13. The smallest absolute Gasteiger partial charge is 0.408 e. The first kappa shape index (κ1) is 17.0. The molecule has 128 valence electrons. The van der Waals surface area contributed by atoms with Crippen LogP contribution in [0.4, 0.5) is 4.79 Å². The van der Waals surface area contributed by atoms with Crippen molar-refractivity contribution in [3.8, 4) is 5.75 Å². The zero-order chi connectivity index (χ0) is 17.6. The Morgan fingerprint density at radius 1 is 1.08 bits per heavy atom. The van der Waals surface area contributed by atoms with Crippen molar-refractivity contribution in [2.75, 3.05) is 0 Å². The highest BCUT2D eigenvalue weighted by Gasteiger charge is 2.20. The normalized spacial score (nSPS) is 11.7. The number of amides is 1. The van der Waals surface area contributed by atoms with Crippen molar-refractivity contribution >= 4 is 33.5 Å². The molecule has 3 rings (SSSR count). The van der Waals surface area contributed by atoms with Gasteiger partial charge in [-0.25, -0.2) is 9.59 Å². The van der Waals surface area contributed by atoms with Crippen LogP contribution in [0.3, 0.4) is 0 Å². The minimum atomic E-state index is -0.818. The molecule has 1 amide bonds. The molecule has 5 nitrogen and oxygen atoms in total. The fourth-order valence-electron chi connectivity index (χ4n) is 2.23. The lowest BCUT2D eigenvalue weighted by atomic mass is 10.2. The van der Waals surface area contributed by atoms with Crippen LogP contribution in [-0.2, 0) is 16.1 Å². The van der Waals surface area contributed by atoms with Gasteiger partial charge in [-0.15, -0.1) is 11.3 Å². The van der Waals surface area contributed by atoms with Gasteiger partial charge in [0.05, 0.1) is 0 Å². The van der Waals surface area contributed by atoms with Crippen molar-refractivity contribution in [1.82, 2.24) is 5.32 Å². The van der Waals surface area contributed by atoms with Gasteiger partial charge in [0, 0.05) is 15.5 Å². The molecule has 1 heterocycles. The van der Waals surface area contributed by atoms with Crippen LogP contribution in [0, 0.1) is 0 Å². The van der Waals surface area contributed by atoms with Gasteiger partial charge >= 0.3 is 12.1 Å². The van der Waals surface area contributed by atoms with Crippen molar-refractivity contribution < 1.29 is 19.1 Å². The van der Waals surface area contributed by atoms with Crippen molar-refractivity contribution in [1.29, 1.82) is 0 Å². The van der Waals surface area contributed by atoms with Crippen molar-refractivity contribution in [3.63, 3.8) is 0 Å². The highest BCUT2D eigenvalue weighted by Crippen LogP contribution is 2.31. The van der Waals surface area contributed by atoms with Gasteiger partial charge in [0.2, 0.25) is 0 Å². The van der Waals surface area contributed by atoms with E-state index in [1.165, 1.54) is 11.3 Å². The van der Waals surface area contributed by atoms with Gasteiger partial charge < -0.3 is 14.8 Å². The predicted octanol–water partition coefficient (Wildman–Crippen LogP) is 4.12. The van der Waals surface area contributed by atoms with Crippen LogP contribution in [0.25, 0.3) is 10.1 Å². The number of rotatable bonds is 5. The molecule has 0 radical (unpaired) electrons. The number of benzene rings is 2. The third-order valence-electron chi connectivity index (χ3n) is 3.56. The van der Waals surface area contributed by atoms with E-state index < -0.39 is 18.1 Å². The Kier molecular flexibility index (Phi) is 5.30. The molecule has 0 saturated carbocycles. The first-order valence-electron chi connectivity index (χ1n) is 7.78. The van der Waals surface area contributed by atoms with Crippen LogP contribution in [0.1, 0.15) is 12.5 Å². The second kappa shape index (κ2) is 7.81. The third kappa shape index (κ3) is 4.36. The summed E-state index contributed by atoms with van der Waals surface area (Å²) >= 11 is 1.50. The van der Waals surface area contributed by atoms with E-state index in [1.54, 1.807) is 12.3 Å². The summed E-state index contributed by atoms with van der Waals surface area (Å²) in [5.74, 6) is -0.0443. The summed E-state index contributed by atoms with van der Waals surface area (Å²) in [6, 6.07) is 16.2. The molecular formula is C19H17NO4S. The maximum Gasteiger partial charge on any atom is 0.408 e. The maximum absolute atomic E-state index is 12.2. The number of ether oxygens (including phenoxy) is 2. The molecule has 0 aliphatic heterocycles. The van der Waals surface area contributed by atoms with E-state index in [1.807, 2.05) is 54.6 Å². The number of alkyl carbamates (subject to hydrolysis) is 1. The van der Waals surface area contributed by atoms with Gasteiger partial charge in [0.25, 0.3) is 0 Å². The van der Waals surface area contributed by atoms with E-state index in [9.17, 15) is 9.59 Å². The number of hydrogen-bond acceptors (Lipinski definition) is 5. The molecule has 25 heavy (non-hydrogen) atoms. The fraction of sp³-hybridized carbons (Fsp3) is 0.158. The van der Waals surface area contributed by atoms with Crippen molar-refractivity contribution in [2.24, 2.45) is 0 Å². The van der Waals surface area contributed by atoms with E-state index in [0.717, 1.165) is 15.6 Å². The number of thiophene rings is 1. The third-order valence-corrected chi connectivity index (χ3v) is 4.50. The predicted molar refractivity (Wildman–Crippen MR) is 96.7 cm³/mol. The molecule has 0 spiro atoms. The summed E-state index contributed by atoms with van der Waals surface area (Å²) in [6.07, 6.45) is -0.663. The first-order valence-corrected chi connectivity index (χ1v) is 8.66. The summed E-state index contributed by atoms with van der Waals surface area (Å²) in [4.78, 5) is 24.0. The van der Waals surface area contributed by atoms with Crippen molar-refractivity contribution in [2.45, 2.75) is 19.6 Å². The fourth-order valence-corrected chi connectivity index (χ4v) is 3.09. The topological polar surface area (TPSA) is 64.6 Å². The molecule has 0 saturated heterocycles. The number of esters is 1. The van der Waals surface area contributed by atoms with Crippen LogP contribution < -0.4 is 10.1 Å². The SMILES string of the molecule is C[C@H](NC(=O)OCc1ccccc1)C(=O)Oc1csc2ccccc12. The Morgan fingerprint density at radius 2 is 1.80 bits per heavy atom. The minimum absolute atomic E-state index is 0.142. The quantitative estimate of drug-likeness (QED) is 0.699. The summed E-state index contributed by atoms with van der Waals surface area (Å²) in [7, 11) is 0. The minimum Gasteiger partial charge on any atom is -0.445 e. The lowest BCUT2D eigenvalue weighted by molar-refractivity contribution is -0.136. The van der Waals surface area contributed by atoms with Gasteiger partial charge in [0.15, 0.2) is 0 Å². The van der Waals surface area contributed by atoms with Crippen LogP contribution in [-0.4, -0.2) is 18.1 Å². The Bertz CT molecular complexity index is 875. The highest BCUT2D eigenvalue weighted by molar-refractivity contribution is 7.17. The Labute approximate surface area is 149 Å². The molecular weight excluding hydrogens is 338 g/mol. The van der Waals surface area contributed by atoms with Crippen LogP contribution in [0.2, 0.25) is 0 Å². The van der Waals surface area contributed by atoms with Gasteiger partial charge in [-0.1, -0.05) is 42.5 Å².